The third-order valence-electron chi connectivity index (χ3n) is 2.77. The fraction of sp³-hybridized carbons (Fsp3) is 0.571. The largest absolute Gasteiger partial charge is 0.387 e. The number of hydrogen-bond donors (Lipinski definition) is 2. The van der Waals surface area contributed by atoms with Gasteiger partial charge in [-0.05, 0) is 39.6 Å². The lowest BCUT2D eigenvalue weighted by Crippen LogP contribution is -2.47. The van der Waals surface area contributed by atoms with Crippen LogP contribution in [-0.4, -0.2) is 53.7 Å². The van der Waals surface area contributed by atoms with Crippen LogP contribution in [0.25, 0.3) is 0 Å². The molecule has 0 aliphatic rings. The quantitative estimate of drug-likeness (QED) is 0.779. The number of aromatic nitrogens is 1. The van der Waals surface area contributed by atoms with Gasteiger partial charge >= 0.3 is 0 Å². The van der Waals surface area contributed by atoms with Crippen molar-refractivity contribution < 1.29 is 9.90 Å². The fourth-order valence-electron chi connectivity index (χ4n) is 1.94. The molecular weight excluding hydrogens is 242 g/mol. The van der Waals surface area contributed by atoms with E-state index >= 15 is 0 Å². The van der Waals surface area contributed by atoms with E-state index in [2.05, 4.69) is 10.3 Å². The molecule has 0 aliphatic carbocycles. The maximum absolute atomic E-state index is 11.8. The number of pyridine rings is 1. The van der Waals surface area contributed by atoms with Crippen molar-refractivity contribution >= 4 is 5.91 Å². The van der Waals surface area contributed by atoms with E-state index in [1.807, 2.05) is 38.1 Å². The first kappa shape index (κ1) is 15.6. The van der Waals surface area contributed by atoms with Crippen LogP contribution in [-0.2, 0) is 11.2 Å². The molecule has 1 aromatic rings. The summed E-state index contributed by atoms with van der Waals surface area (Å²) in [5, 5.41) is 12.8. The summed E-state index contributed by atoms with van der Waals surface area (Å²) in [5.74, 6) is -0.124. The summed E-state index contributed by atoms with van der Waals surface area (Å²) >= 11 is 0. The number of hydrogen-bond acceptors (Lipinski definition) is 4. The number of carbonyl (C=O) groups excluding carboxylic acids is 1. The number of nitrogens with zero attached hydrogens (tertiary/aromatic N) is 2. The molecule has 106 valence electrons. The number of carbonyl (C=O) groups is 1. The minimum Gasteiger partial charge on any atom is -0.387 e. The predicted molar refractivity (Wildman–Crippen MR) is 74.9 cm³/mol. The van der Waals surface area contributed by atoms with Gasteiger partial charge < -0.3 is 15.3 Å². The molecule has 1 amide bonds. The van der Waals surface area contributed by atoms with Gasteiger partial charge in [-0.15, -0.1) is 0 Å². The summed E-state index contributed by atoms with van der Waals surface area (Å²) in [6.07, 6.45) is 1.92. The van der Waals surface area contributed by atoms with E-state index < -0.39 is 5.60 Å². The third kappa shape index (κ3) is 5.81. The molecule has 5 nitrogen and oxygen atoms in total. The normalized spacial score (nSPS) is 14.2. The van der Waals surface area contributed by atoms with E-state index in [0.29, 0.717) is 6.54 Å². The standard InChI is InChI=1S/C14H23N3O2/c1-11-6-5-7-15-12(11)8-13(18)16-9-14(2,19)10-17(3)4/h5-7,19H,8-10H2,1-4H3,(H,16,18). The first-order valence-electron chi connectivity index (χ1n) is 6.34. The van der Waals surface area contributed by atoms with Gasteiger partial charge in [0.1, 0.15) is 0 Å². The summed E-state index contributed by atoms with van der Waals surface area (Å²) in [4.78, 5) is 17.9. The Morgan fingerprint density at radius 2 is 2.21 bits per heavy atom. The second-order valence-electron chi connectivity index (χ2n) is 5.46. The SMILES string of the molecule is Cc1cccnc1CC(=O)NCC(C)(O)CN(C)C. The second-order valence-corrected chi connectivity index (χ2v) is 5.46. The number of aliphatic hydroxyl groups is 1. The number of amides is 1. The highest BCUT2D eigenvalue weighted by Gasteiger charge is 2.22. The van der Waals surface area contributed by atoms with Gasteiger partial charge in [0.2, 0.25) is 5.91 Å². The zero-order valence-electron chi connectivity index (χ0n) is 12.1. The van der Waals surface area contributed by atoms with Crippen LogP contribution in [0.2, 0.25) is 0 Å². The van der Waals surface area contributed by atoms with Crippen molar-refractivity contribution in [2.45, 2.75) is 25.9 Å². The van der Waals surface area contributed by atoms with Crippen LogP contribution in [0.4, 0.5) is 0 Å². The van der Waals surface area contributed by atoms with Gasteiger partial charge in [-0.25, -0.2) is 0 Å². The van der Waals surface area contributed by atoms with E-state index in [0.717, 1.165) is 11.3 Å². The number of likely N-dealkylation sites (N-methyl/N-ethyl adjacent to an activating group) is 1. The van der Waals surface area contributed by atoms with Crippen LogP contribution in [0.5, 0.6) is 0 Å². The molecule has 1 rings (SSSR count). The van der Waals surface area contributed by atoms with Crippen LogP contribution < -0.4 is 5.32 Å². The highest BCUT2D eigenvalue weighted by atomic mass is 16.3. The van der Waals surface area contributed by atoms with E-state index in [4.69, 9.17) is 0 Å². The lowest BCUT2D eigenvalue weighted by atomic mass is 10.1. The van der Waals surface area contributed by atoms with Gasteiger partial charge in [0.25, 0.3) is 0 Å². The molecule has 0 bridgehead atoms. The van der Waals surface area contributed by atoms with Crippen molar-refractivity contribution in [1.29, 1.82) is 0 Å². The average Bonchev–Trinajstić information content (AvgIpc) is 2.28. The smallest absolute Gasteiger partial charge is 0.226 e. The molecule has 0 fully saturated rings. The Morgan fingerprint density at radius 3 is 2.79 bits per heavy atom. The highest BCUT2D eigenvalue weighted by molar-refractivity contribution is 5.78. The van der Waals surface area contributed by atoms with Crippen molar-refractivity contribution in [3.8, 4) is 0 Å². The van der Waals surface area contributed by atoms with Crippen molar-refractivity contribution in [1.82, 2.24) is 15.2 Å². The topological polar surface area (TPSA) is 65.5 Å². The monoisotopic (exact) mass is 265 g/mol. The van der Waals surface area contributed by atoms with E-state index in [1.54, 1.807) is 13.1 Å². The summed E-state index contributed by atoms with van der Waals surface area (Å²) < 4.78 is 0. The Kier molecular flexibility index (Phi) is 5.44. The average molecular weight is 265 g/mol. The number of aryl methyl sites for hydroxylation is 1. The van der Waals surface area contributed by atoms with Crippen LogP contribution in [0, 0.1) is 6.92 Å². The molecular formula is C14H23N3O2. The van der Waals surface area contributed by atoms with Crippen LogP contribution in [0.1, 0.15) is 18.2 Å². The predicted octanol–water partition coefficient (Wildman–Crippen LogP) is 0.361. The van der Waals surface area contributed by atoms with Gasteiger partial charge in [-0.1, -0.05) is 6.07 Å². The van der Waals surface area contributed by atoms with Crippen molar-refractivity contribution in [3.05, 3.63) is 29.6 Å². The molecule has 1 atom stereocenters. The highest BCUT2D eigenvalue weighted by Crippen LogP contribution is 2.05. The lowest BCUT2D eigenvalue weighted by Gasteiger charge is -2.27. The molecule has 0 aromatic carbocycles. The molecule has 1 heterocycles. The maximum Gasteiger partial charge on any atom is 0.226 e. The molecule has 0 saturated carbocycles. The molecule has 0 radical (unpaired) electrons. The third-order valence-corrected chi connectivity index (χ3v) is 2.77. The van der Waals surface area contributed by atoms with Crippen LogP contribution in [0.3, 0.4) is 0 Å². The summed E-state index contributed by atoms with van der Waals surface area (Å²) in [6, 6.07) is 3.77. The van der Waals surface area contributed by atoms with Crippen molar-refractivity contribution in [2.75, 3.05) is 27.2 Å². The summed E-state index contributed by atoms with van der Waals surface area (Å²) in [5.41, 5.74) is 0.836. The first-order chi connectivity index (χ1) is 8.80. The van der Waals surface area contributed by atoms with E-state index in [1.165, 1.54) is 0 Å². The van der Waals surface area contributed by atoms with Gasteiger partial charge in [0, 0.05) is 19.3 Å². The van der Waals surface area contributed by atoms with Gasteiger partial charge in [-0.2, -0.15) is 0 Å². The molecule has 1 unspecified atom stereocenters. The van der Waals surface area contributed by atoms with E-state index in [9.17, 15) is 9.90 Å². The zero-order valence-corrected chi connectivity index (χ0v) is 12.1. The van der Waals surface area contributed by atoms with Gasteiger partial charge in [0.05, 0.1) is 17.7 Å². The molecule has 0 spiro atoms. The molecule has 19 heavy (non-hydrogen) atoms. The summed E-state index contributed by atoms with van der Waals surface area (Å²) in [7, 11) is 3.76. The van der Waals surface area contributed by atoms with E-state index in [-0.39, 0.29) is 18.9 Å². The van der Waals surface area contributed by atoms with Crippen molar-refractivity contribution in [2.24, 2.45) is 0 Å². The second kappa shape index (κ2) is 6.63. The molecule has 0 saturated heterocycles. The molecule has 5 heteroatoms. The fourth-order valence-corrected chi connectivity index (χ4v) is 1.94. The Balaban J connectivity index is 2.46. The molecule has 2 N–H and O–H groups in total. The Bertz CT molecular complexity index is 430. The summed E-state index contributed by atoms with van der Waals surface area (Å²) in [6.45, 7) is 4.36. The van der Waals surface area contributed by atoms with Crippen molar-refractivity contribution in [3.63, 3.8) is 0 Å². The minimum absolute atomic E-state index is 0.124. The Morgan fingerprint density at radius 1 is 1.53 bits per heavy atom. The maximum atomic E-state index is 11.8. The Hall–Kier alpha value is -1.46. The Labute approximate surface area is 114 Å². The number of rotatable bonds is 6. The molecule has 1 aromatic heterocycles. The first-order valence-corrected chi connectivity index (χ1v) is 6.34. The molecule has 0 aliphatic heterocycles. The lowest BCUT2D eigenvalue weighted by molar-refractivity contribution is -0.121. The van der Waals surface area contributed by atoms with Gasteiger partial charge in [-0.3, -0.25) is 9.78 Å². The zero-order chi connectivity index (χ0) is 14.5. The van der Waals surface area contributed by atoms with Crippen LogP contribution >= 0.6 is 0 Å². The van der Waals surface area contributed by atoms with Gasteiger partial charge in [0.15, 0.2) is 0 Å². The minimum atomic E-state index is -0.932. The van der Waals surface area contributed by atoms with Crippen LogP contribution in [0.15, 0.2) is 18.3 Å². The number of nitrogens with one attached hydrogen (secondary N) is 1.